The van der Waals surface area contributed by atoms with Crippen molar-refractivity contribution in [1.29, 1.82) is 0 Å². The molecule has 0 saturated carbocycles. The van der Waals surface area contributed by atoms with Gasteiger partial charge in [0.2, 0.25) is 5.88 Å². The van der Waals surface area contributed by atoms with E-state index in [9.17, 15) is 14.7 Å². The fourth-order valence-electron chi connectivity index (χ4n) is 4.04. The molecule has 1 saturated heterocycles. The fraction of sp³-hybridized carbons (Fsp3) is 0.280. The molecule has 0 aliphatic carbocycles. The molecular weight excluding hydrogens is 466 g/mol. The van der Waals surface area contributed by atoms with E-state index in [0.717, 1.165) is 5.56 Å². The van der Waals surface area contributed by atoms with Gasteiger partial charge in [0, 0.05) is 18.2 Å². The first-order valence-electron chi connectivity index (χ1n) is 11.5. The Morgan fingerprint density at radius 2 is 2.08 bits per heavy atom. The van der Waals surface area contributed by atoms with Crippen LogP contribution in [0.4, 0.5) is 16.4 Å². The van der Waals surface area contributed by atoms with Crippen molar-refractivity contribution in [3.8, 4) is 28.6 Å². The van der Waals surface area contributed by atoms with Gasteiger partial charge in [-0.05, 0) is 48.9 Å². The number of pyridine rings is 2. The predicted octanol–water partition coefficient (Wildman–Crippen LogP) is 2.69. The summed E-state index contributed by atoms with van der Waals surface area (Å²) >= 11 is 0. The average Bonchev–Trinajstić information content (AvgIpc) is 3.27. The van der Waals surface area contributed by atoms with Crippen molar-refractivity contribution >= 4 is 23.6 Å². The molecule has 11 heteroatoms. The summed E-state index contributed by atoms with van der Waals surface area (Å²) in [5.41, 5.74) is 2.21. The van der Waals surface area contributed by atoms with E-state index in [1.165, 1.54) is 4.90 Å². The highest BCUT2D eigenvalue weighted by Crippen LogP contribution is 2.31. The van der Waals surface area contributed by atoms with Crippen LogP contribution in [0.3, 0.4) is 0 Å². The summed E-state index contributed by atoms with van der Waals surface area (Å²) in [7, 11) is 1.55. The number of phenolic OH excluding ortho intramolecular Hbond substituents is 1. The first-order valence-corrected chi connectivity index (χ1v) is 11.5. The van der Waals surface area contributed by atoms with Gasteiger partial charge in [0.05, 0.1) is 19.3 Å². The second-order valence-corrected chi connectivity index (χ2v) is 8.35. The number of methoxy groups -OCH3 is 1. The smallest absolute Gasteiger partial charge is 0.415 e. The number of rotatable bonds is 8. The Balaban J connectivity index is 1.15. The lowest BCUT2D eigenvalue weighted by Crippen LogP contribution is -2.29. The van der Waals surface area contributed by atoms with Gasteiger partial charge in [0.15, 0.2) is 18.2 Å². The lowest BCUT2D eigenvalue weighted by atomic mass is 10.1. The molecule has 5 rings (SSSR count). The van der Waals surface area contributed by atoms with Crippen molar-refractivity contribution in [3.05, 3.63) is 54.1 Å². The maximum atomic E-state index is 12.4. The standard InChI is InChI=1S/C25H25N5O6/c1-34-23-4-2-3-18(27-23)17-11-15(5-6-19(17)31)12-26-10-9-16-13-30(25(33)36-16)21-8-7-20-24(28-21)29-22(32)14-35-20/h2-8,11,16,26,31H,9-10,12-14H2,1H3,(H,28,29,32)/t16-/m0/s1. The van der Waals surface area contributed by atoms with Crippen LogP contribution in [0.5, 0.6) is 17.4 Å². The van der Waals surface area contributed by atoms with Gasteiger partial charge in [-0.3, -0.25) is 9.69 Å². The number of benzene rings is 1. The number of hydrogen-bond acceptors (Lipinski definition) is 9. The third kappa shape index (κ3) is 5.01. The number of hydrogen-bond donors (Lipinski definition) is 3. The van der Waals surface area contributed by atoms with E-state index in [0.29, 0.717) is 60.6 Å². The van der Waals surface area contributed by atoms with Crippen molar-refractivity contribution in [3.63, 3.8) is 0 Å². The average molecular weight is 492 g/mol. The number of cyclic esters (lactones) is 1. The van der Waals surface area contributed by atoms with Gasteiger partial charge in [0.1, 0.15) is 17.7 Å². The van der Waals surface area contributed by atoms with Crippen molar-refractivity contribution in [2.45, 2.75) is 19.1 Å². The lowest BCUT2D eigenvalue weighted by Gasteiger charge is -2.19. The normalized spacial score (nSPS) is 16.7. The molecule has 2 aliphatic rings. The van der Waals surface area contributed by atoms with Crippen LogP contribution in [0.15, 0.2) is 48.5 Å². The third-order valence-electron chi connectivity index (χ3n) is 5.85. The number of aromatic hydroxyl groups is 1. The van der Waals surface area contributed by atoms with E-state index < -0.39 is 6.09 Å². The number of phenols is 1. The van der Waals surface area contributed by atoms with E-state index in [1.807, 2.05) is 24.3 Å². The molecule has 11 nitrogen and oxygen atoms in total. The maximum absolute atomic E-state index is 12.4. The molecule has 186 valence electrons. The van der Waals surface area contributed by atoms with Gasteiger partial charge >= 0.3 is 6.09 Å². The second kappa shape index (κ2) is 10.1. The minimum absolute atomic E-state index is 0.0573. The van der Waals surface area contributed by atoms with Crippen molar-refractivity contribution in [1.82, 2.24) is 15.3 Å². The van der Waals surface area contributed by atoms with Gasteiger partial charge in [-0.1, -0.05) is 12.1 Å². The van der Waals surface area contributed by atoms with E-state index in [4.69, 9.17) is 14.2 Å². The Labute approximate surface area is 207 Å². The Kier molecular flexibility index (Phi) is 6.54. The summed E-state index contributed by atoms with van der Waals surface area (Å²) in [6.45, 7) is 1.47. The monoisotopic (exact) mass is 491 g/mol. The quantitative estimate of drug-likeness (QED) is 0.407. The Morgan fingerprint density at radius 3 is 2.94 bits per heavy atom. The lowest BCUT2D eigenvalue weighted by molar-refractivity contribution is -0.118. The highest BCUT2D eigenvalue weighted by Gasteiger charge is 2.33. The maximum Gasteiger partial charge on any atom is 0.415 e. The molecule has 0 bridgehead atoms. The summed E-state index contributed by atoms with van der Waals surface area (Å²) in [5.74, 6) is 1.47. The van der Waals surface area contributed by atoms with Gasteiger partial charge in [0.25, 0.3) is 5.91 Å². The SMILES string of the molecule is COc1cccc(-c2cc(CNCC[C@H]3CN(c4ccc5c(n4)NC(=O)CO5)C(=O)O3)ccc2O)n1. The summed E-state index contributed by atoms with van der Waals surface area (Å²) in [4.78, 5) is 34.1. The Morgan fingerprint density at radius 1 is 1.19 bits per heavy atom. The Bertz CT molecular complexity index is 1300. The largest absolute Gasteiger partial charge is 0.507 e. The number of carbonyl (C=O) groups is 2. The molecule has 2 aliphatic heterocycles. The van der Waals surface area contributed by atoms with E-state index in [2.05, 4.69) is 20.6 Å². The van der Waals surface area contributed by atoms with Crippen molar-refractivity contribution < 1.29 is 28.9 Å². The number of nitrogens with one attached hydrogen (secondary N) is 2. The van der Waals surface area contributed by atoms with Gasteiger partial charge in [-0.2, -0.15) is 0 Å². The summed E-state index contributed by atoms with van der Waals surface area (Å²) in [5, 5.41) is 16.3. The molecule has 4 heterocycles. The number of fused-ring (bicyclic) bond motifs is 1. The first kappa shape index (κ1) is 23.4. The van der Waals surface area contributed by atoms with Crippen LogP contribution in [0, 0.1) is 0 Å². The zero-order chi connectivity index (χ0) is 25.1. The van der Waals surface area contributed by atoms with Crippen LogP contribution in [0.25, 0.3) is 11.3 Å². The fourth-order valence-corrected chi connectivity index (χ4v) is 4.04. The number of aromatic nitrogens is 2. The van der Waals surface area contributed by atoms with Crippen molar-refractivity contribution in [2.75, 3.05) is 37.0 Å². The highest BCUT2D eigenvalue weighted by atomic mass is 16.6. The van der Waals surface area contributed by atoms with E-state index >= 15 is 0 Å². The zero-order valence-corrected chi connectivity index (χ0v) is 19.6. The molecule has 1 atom stereocenters. The van der Waals surface area contributed by atoms with Crippen LogP contribution in [0.1, 0.15) is 12.0 Å². The van der Waals surface area contributed by atoms with Gasteiger partial charge < -0.3 is 30.0 Å². The molecule has 1 fully saturated rings. The number of ether oxygens (including phenoxy) is 3. The molecule has 36 heavy (non-hydrogen) atoms. The minimum atomic E-state index is -0.482. The Hall–Kier alpha value is -4.38. The molecule has 1 aromatic carbocycles. The van der Waals surface area contributed by atoms with Crippen LogP contribution in [-0.2, 0) is 16.1 Å². The van der Waals surface area contributed by atoms with E-state index in [1.54, 1.807) is 31.4 Å². The molecule has 0 unspecified atom stereocenters. The number of carbonyl (C=O) groups excluding carboxylic acids is 2. The molecule has 2 aromatic heterocycles. The van der Waals surface area contributed by atoms with Crippen LogP contribution >= 0.6 is 0 Å². The summed E-state index contributed by atoms with van der Waals surface area (Å²) in [6.07, 6.45) is -0.176. The van der Waals surface area contributed by atoms with Gasteiger partial charge in [-0.25, -0.2) is 14.8 Å². The van der Waals surface area contributed by atoms with Crippen LogP contribution in [0.2, 0.25) is 0 Å². The van der Waals surface area contributed by atoms with Crippen LogP contribution in [-0.4, -0.2) is 60.0 Å². The van der Waals surface area contributed by atoms with Gasteiger partial charge in [-0.15, -0.1) is 0 Å². The first-order chi connectivity index (χ1) is 17.5. The third-order valence-corrected chi connectivity index (χ3v) is 5.85. The van der Waals surface area contributed by atoms with Crippen molar-refractivity contribution in [2.24, 2.45) is 0 Å². The molecule has 3 N–H and O–H groups in total. The number of amides is 2. The highest BCUT2D eigenvalue weighted by molar-refractivity contribution is 5.95. The summed E-state index contributed by atoms with van der Waals surface area (Å²) in [6, 6.07) is 14.1. The summed E-state index contributed by atoms with van der Waals surface area (Å²) < 4.78 is 16.0. The molecular formula is C25H25N5O6. The van der Waals surface area contributed by atoms with Crippen LogP contribution < -0.4 is 25.0 Å². The number of anilines is 2. The minimum Gasteiger partial charge on any atom is -0.507 e. The molecule has 2 amide bonds. The molecule has 0 radical (unpaired) electrons. The zero-order valence-electron chi connectivity index (χ0n) is 19.6. The molecule has 3 aromatic rings. The molecule has 0 spiro atoms. The topological polar surface area (TPSA) is 135 Å². The van der Waals surface area contributed by atoms with E-state index in [-0.39, 0.29) is 24.4 Å². The predicted molar refractivity (Wildman–Crippen MR) is 130 cm³/mol. The second-order valence-electron chi connectivity index (χ2n) is 8.35. The number of nitrogens with zero attached hydrogens (tertiary/aromatic N) is 3.